The van der Waals surface area contributed by atoms with Gasteiger partial charge in [0.1, 0.15) is 0 Å². The minimum Gasteiger partial charge on any atom is -0.393 e. The van der Waals surface area contributed by atoms with E-state index >= 15 is 0 Å². The molecule has 0 aromatic heterocycles. The third kappa shape index (κ3) is 3.76. The van der Waals surface area contributed by atoms with Crippen LogP contribution < -0.4 is 0 Å². The molecule has 0 bridgehead atoms. The van der Waals surface area contributed by atoms with E-state index in [-0.39, 0.29) is 6.10 Å². The van der Waals surface area contributed by atoms with E-state index in [1.54, 1.807) is 0 Å². The first kappa shape index (κ1) is 13.0. The van der Waals surface area contributed by atoms with Gasteiger partial charge in [-0.1, -0.05) is 33.6 Å². The van der Waals surface area contributed by atoms with Crippen LogP contribution in [0, 0.1) is 5.92 Å². The van der Waals surface area contributed by atoms with Crippen LogP contribution in [0.15, 0.2) is 0 Å². The minimum absolute atomic E-state index is 0.0363. The highest BCUT2D eigenvalue weighted by molar-refractivity contribution is 4.83. The maximum Gasteiger partial charge on any atom is 0.0555 e. The van der Waals surface area contributed by atoms with Gasteiger partial charge in [0, 0.05) is 12.6 Å². The molecule has 1 fully saturated rings. The fourth-order valence-electron chi connectivity index (χ4n) is 2.68. The van der Waals surface area contributed by atoms with Crippen molar-refractivity contribution < 1.29 is 5.11 Å². The summed E-state index contributed by atoms with van der Waals surface area (Å²) in [4.78, 5) is 2.58. The van der Waals surface area contributed by atoms with Crippen LogP contribution in [0.4, 0.5) is 0 Å². The van der Waals surface area contributed by atoms with Crippen LogP contribution in [0.5, 0.6) is 0 Å². The Morgan fingerprint density at radius 3 is 2.27 bits per heavy atom. The first-order valence-corrected chi connectivity index (χ1v) is 6.63. The SMILES string of the molecule is CCC(CC)CN(CC)C1CCC(O)C1. The summed E-state index contributed by atoms with van der Waals surface area (Å²) < 4.78 is 0. The van der Waals surface area contributed by atoms with E-state index in [0.717, 1.165) is 25.3 Å². The number of aliphatic hydroxyl groups is 1. The molecule has 1 aliphatic rings. The lowest BCUT2D eigenvalue weighted by molar-refractivity contribution is 0.140. The van der Waals surface area contributed by atoms with Gasteiger partial charge in [-0.2, -0.15) is 0 Å². The van der Waals surface area contributed by atoms with Gasteiger partial charge in [0.25, 0.3) is 0 Å². The Balaban J connectivity index is 2.41. The van der Waals surface area contributed by atoms with Crippen molar-refractivity contribution in [3.63, 3.8) is 0 Å². The average molecular weight is 213 g/mol. The van der Waals surface area contributed by atoms with Gasteiger partial charge in [-0.15, -0.1) is 0 Å². The smallest absolute Gasteiger partial charge is 0.0555 e. The highest BCUT2D eigenvalue weighted by atomic mass is 16.3. The summed E-state index contributed by atoms with van der Waals surface area (Å²) in [6, 6.07) is 0.644. The lowest BCUT2D eigenvalue weighted by Crippen LogP contribution is -2.37. The molecular formula is C13H27NO. The maximum atomic E-state index is 9.57. The maximum absolute atomic E-state index is 9.57. The van der Waals surface area contributed by atoms with Crippen molar-refractivity contribution in [1.82, 2.24) is 4.90 Å². The summed E-state index contributed by atoms with van der Waals surface area (Å²) in [5.74, 6) is 0.836. The normalized spacial score (nSPS) is 26.8. The number of aliphatic hydroxyl groups excluding tert-OH is 1. The molecule has 2 heteroatoms. The summed E-state index contributed by atoms with van der Waals surface area (Å²) in [5, 5.41) is 9.57. The van der Waals surface area contributed by atoms with Crippen molar-refractivity contribution in [2.45, 2.75) is 65.0 Å². The average Bonchev–Trinajstić information content (AvgIpc) is 2.67. The van der Waals surface area contributed by atoms with Crippen molar-refractivity contribution in [2.75, 3.05) is 13.1 Å². The predicted molar refractivity (Wildman–Crippen MR) is 65.0 cm³/mol. The van der Waals surface area contributed by atoms with E-state index in [4.69, 9.17) is 0 Å². The van der Waals surface area contributed by atoms with E-state index in [2.05, 4.69) is 25.7 Å². The Kier molecular flexibility index (Phi) is 5.62. The van der Waals surface area contributed by atoms with E-state index in [9.17, 15) is 5.11 Å². The van der Waals surface area contributed by atoms with Gasteiger partial charge in [-0.05, 0) is 31.7 Å². The van der Waals surface area contributed by atoms with Crippen LogP contribution in [0.3, 0.4) is 0 Å². The van der Waals surface area contributed by atoms with Crippen molar-refractivity contribution in [2.24, 2.45) is 5.92 Å². The first-order valence-electron chi connectivity index (χ1n) is 6.63. The molecule has 2 unspecified atom stereocenters. The molecule has 0 saturated heterocycles. The zero-order chi connectivity index (χ0) is 11.3. The summed E-state index contributed by atoms with van der Waals surface area (Å²) in [6.07, 6.45) is 5.71. The predicted octanol–water partition coefficient (Wildman–Crippen LogP) is 2.66. The van der Waals surface area contributed by atoms with Crippen molar-refractivity contribution >= 4 is 0 Å². The van der Waals surface area contributed by atoms with Gasteiger partial charge < -0.3 is 10.0 Å². The minimum atomic E-state index is -0.0363. The van der Waals surface area contributed by atoms with Gasteiger partial charge in [0.15, 0.2) is 0 Å². The molecule has 1 N–H and O–H groups in total. The van der Waals surface area contributed by atoms with Crippen LogP contribution in [0.25, 0.3) is 0 Å². The lowest BCUT2D eigenvalue weighted by atomic mass is 10.0. The van der Waals surface area contributed by atoms with Crippen LogP contribution in [0.1, 0.15) is 52.9 Å². The Morgan fingerprint density at radius 1 is 1.20 bits per heavy atom. The Hall–Kier alpha value is -0.0800. The van der Waals surface area contributed by atoms with Crippen LogP contribution >= 0.6 is 0 Å². The van der Waals surface area contributed by atoms with Crippen LogP contribution in [-0.4, -0.2) is 35.2 Å². The Labute approximate surface area is 94.7 Å². The van der Waals surface area contributed by atoms with Crippen LogP contribution in [-0.2, 0) is 0 Å². The third-order valence-electron chi connectivity index (χ3n) is 3.95. The van der Waals surface area contributed by atoms with E-state index in [0.29, 0.717) is 6.04 Å². The van der Waals surface area contributed by atoms with Gasteiger partial charge in [-0.25, -0.2) is 0 Å². The quantitative estimate of drug-likeness (QED) is 0.733. The molecule has 1 rings (SSSR count). The first-order chi connectivity index (χ1) is 7.21. The molecular weight excluding hydrogens is 186 g/mol. The largest absolute Gasteiger partial charge is 0.393 e. The zero-order valence-corrected chi connectivity index (χ0v) is 10.6. The van der Waals surface area contributed by atoms with Gasteiger partial charge in [-0.3, -0.25) is 0 Å². The highest BCUT2D eigenvalue weighted by Gasteiger charge is 2.27. The van der Waals surface area contributed by atoms with Gasteiger partial charge in [0.05, 0.1) is 6.10 Å². The molecule has 1 aliphatic carbocycles. The fourth-order valence-corrected chi connectivity index (χ4v) is 2.68. The van der Waals surface area contributed by atoms with E-state index in [1.807, 2.05) is 0 Å². The number of nitrogens with zero attached hydrogens (tertiary/aromatic N) is 1. The standard InChI is InChI=1S/C13H27NO/c1-4-11(5-2)10-14(6-3)12-7-8-13(15)9-12/h11-13,15H,4-10H2,1-3H3. The molecule has 0 spiro atoms. The van der Waals surface area contributed by atoms with Gasteiger partial charge >= 0.3 is 0 Å². The van der Waals surface area contributed by atoms with Crippen molar-refractivity contribution in [3.05, 3.63) is 0 Å². The monoisotopic (exact) mass is 213 g/mol. The van der Waals surface area contributed by atoms with E-state index in [1.165, 1.54) is 25.8 Å². The second-order valence-corrected chi connectivity index (χ2v) is 4.89. The molecule has 0 heterocycles. The molecule has 2 nitrogen and oxygen atoms in total. The summed E-state index contributed by atoms with van der Waals surface area (Å²) in [6.45, 7) is 9.17. The molecule has 0 aromatic carbocycles. The van der Waals surface area contributed by atoms with Crippen LogP contribution in [0.2, 0.25) is 0 Å². The molecule has 0 amide bonds. The molecule has 90 valence electrons. The second kappa shape index (κ2) is 6.49. The molecule has 0 radical (unpaired) electrons. The summed E-state index contributed by atoms with van der Waals surface area (Å²) >= 11 is 0. The fraction of sp³-hybridized carbons (Fsp3) is 1.00. The topological polar surface area (TPSA) is 23.5 Å². The molecule has 15 heavy (non-hydrogen) atoms. The zero-order valence-electron chi connectivity index (χ0n) is 10.6. The highest BCUT2D eigenvalue weighted by Crippen LogP contribution is 2.25. The Morgan fingerprint density at radius 2 is 1.87 bits per heavy atom. The summed E-state index contributed by atoms with van der Waals surface area (Å²) in [5.41, 5.74) is 0. The molecule has 2 atom stereocenters. The molecule has 0 aromatic rings. The van der Waals surface area contributed by atoms with E-state index < -0.39 is 0 Å². The Bertz CT molecular complexity index is 168. The van der Waals surface area contributed by atoms with Gasteiger partial charge in [0.2, 0.25) is 0 Å². The van der Waals surface area contributed by atoms with Crippen molar-refractivity contribution in [3.8, 4) is 0 Å². The van der Waals surface area contributed by atoms with Crippen molar-refractivity contribution in [1.29, 1.82) is 0 Å². The number of hydrogen-bond acceptors (Lipinski definition) is 2. The number of rotatable bonds is 6. The number of hydrogen-bond donors (Lipinski definition) is 1. The molecule has 1 saturated carbocycles. The summed E-state index contributed by atoms with van der Waals surface area (Å²) in [7, 11) is 0. The second-order valence-electron chi connectivity index (χ2n) is 4.89. The third-order valence-corrected chi connectivity index (χ3v) is 3.95. The molecule has 0 aliphatic heterocycles. The lowest BCUT2D eigenvalue weighted by Gasteiger charge is -2.30.